The summed E-state index contributed by atoms with van der Waals surface area (Å²) < 4.78 is 1.79. The lowest BCUT2D eigenvalue weighted by molar-refractivity contribution is -0.895. The van der Waals surface area contributed by atoms with Crippen molar-refractivity contribution >= 4 is 33.1 Å². The van der Waals surface area contributed by atoms with E-state index in [2.05, 4.69) is 41.3 Å². The highest BCUT2D eigenvalue weighted by Crippen LogP contribution is 2.37. The van der Waals surface area contributed by atoms with E-state index in [4.69, 9.17) is 4.98 Å². The predicted molar refractivity (Wildman–Crippen MR) is 86.7 cm³/mol. The van der Waals surface area contributed by atoms with Gasteiger partial charge >= 0.3 is 0 Å². The van der Waals surface area contributed by atoms with Crippen molar-refractivity contribution in [3.63, 3.8) is 0 Å². The zero-order valence-corrected chi connectivity index (χ0v) is 13.9. The summed E-state index contributed by atoms with van der Waals surface area (Å²) in [6.07, 6.45) is 1.10. The van der Waals surface area contributed by atoms with Crippen LogP contribution in [0.5, 0.6) is 0 Å². The Kier molecular flexibility index (Phi) is 3.23. The zero-order chi connectivity index (χ0) is 15.3. The molecule has 1 aliphatic heterocycles. The minimum Gasteiger partial charge on any atom is -0.356 e. The van der Waals surface area contributed by atoms with E-state index in [-0.39, 0.29) is 0 Å². The van der Waals surface area contributed by atoms with Gasteiger partial charge in [-0.15, -0.1) is 11.3 Å². The lowest BCUT2D eigenvalue weighted by atomic mass is 10.1. The maximum absolute atomic E-state index is 4.76. The number of rotatable bonds is 3. The molecule has 3 aromatic rings. The van der Waals surface area contributed by atoms with Crippen LogP contribution in [0.1, 0.15) is 24.3 Å². The van der Waals surface area contributed by atoms with Crippen molar-refractivity contribution in [1.29, 1.82) is 0 Å². The lowest BCUT2D eigenvalue weighted by Crippen LogP contribution is -3.08. The van der Waals surface area contributed by atoms with Crippen LogP contribution >= 0.6 is 11.3 Å². The molecule has 4 rings (SSSR count). The van der Waals surface area contributed by atoms with Gasteiger partial charge in [0.05, 0.1) is 23.9 Å². The summed E-state index contributed by atoms with van der Waals surface area (Å²) in [4.78, 5) is 11.2. The monoisotopic (exact) mass is 318 g/mol. The summed E-state index contributed by atoms with van der Waals surface area (Å²) in [5, 5.41) is 13.3. The number of anilines is 1. The molecule has 4 heterocycles. The van der Waals surface area contributed by atoms with Gasteiger partial charge in [0, 0.05) is 19.5 Å². The molecule has 0 fully saturated rings. The zero-order valence-electron chi connectivity index (χ0n) is 13.1. The predicted octanol–water partition coefficient (Wildman–Crippen LogP) is 0.151. The van der Waals surface area contributed by atoms with Crippen LogP contribution < -0.4 is 9.80 Å². The summed E-state index contributed by atoms with van der Waals surface area (Å²) in [6.45, 7) is 8.46. The minimum absolute atomic E-state index is 0.591. The minimum atomic E-state index is 0.591. The molecule has 0 aliphatic carbocycles. The van der Waals surface area contributed by atoms with E-state index >= 15 is 0 Å². The highest BCUT2D eigenvalue weighted by molar-refractivity contribution is 7.19. The standard InChI is InChI=1S/C14H19N7S/c1-4-20(5-2)12-11-9-6-7-19(3)8-10(9)22-13(11)21-14(15-12)16-17-18-21/h4-8H2,1-3H3/p+1. The average molecular weight is 318 g/mol. The van der Waals surface area contributed by atoms with Gasteiger partial charge in [-0.05, 0) is 29.8 Å². The Balaban J connectivity index is 2.07. The number of thiophene rings is 1. The molecule has 8 heteroatoms. The highest BCUT2D eigenvalue weighted by atomic mass is 32.1. The van der Waals surface area contributed by atoms with Crippen molar-refractivity contribution in [1.82, 2.24) is 25.0 Å². The largest absolute Gasteiger partial charge is 0.356 e. The van der Waals surface area contributed by atoms with Crippen LogP contribution in [0.15, 0.2) is 0 Å². The summed E-state index contributed by atoms with van der Waals surface area (Å²) in [5.74, 6) is 1.63. The second-order valence-corrected chi connectivity index (χ2v) is 6.90. The average Bonchev–Trinajstić information content (AvgIpc) is 3.11. The van der Waals surface area contributed by atoms with E-state index in [9.17, 15) is 0 Å². The van der Waals surface area contributed by atoms with Crippen molar-refractivity contribution in [3.05, 3.63) is 10.4 Å². The maximum Gasteiger partial charge on any atom is 0.276 e. The Bertz CT molecular complexity index is 833. The first kappa shape index (κ1) is 13.8. The van der Waals surface area contributed by atoms with Crippen LogP contribution in [-0.2, 0) is 13.0 Å². The molecule has 0 amide bonds. The quantitative estimate of drug-likeness (QED) is 0.745. The van der Waals surface area contributed by atoms with Gasteiger partial charge in [0.15, 0.2) is 0 Å². The maximum atomic E-state index is 4.76. The van der Waals surface area contributed by atoms with Gasteiger partial charge in [0.2, 0.25) is 0 Å². The molecule has 0 bridgehead atoms. The van der Waals surface area contributed by atoms with Crippen LogP contribution in [0.2, 0.25) is 0 Å². The summed E-state index contributed by atoms with van der Waals surface area (Å²) in [7, 11) is 2.25. The molecule has 0 radical (unpaired) electrons. The molecule has 22 heavy (non-hydrogen) atoms. The third-order valence-electron chi connectivity index (χ3n) is 4.47. The smallest absolute Gasteiger partial charge is 0.276 e. The summed E-state index contributed by atoms with van der Waals surface area (Å²) >= 11 is 1.82. The van der Waals surface area contributed by atoms with Gasteiger partial charge in [-0.3, -0.25) is 0 Å². The van der Waals surface area contributed by atoms with Crippen molar-refractivity contribution in [3.8, 4) is 0 Å². The molecule has 1 aliphatic rings. The van der Waals surface area contributed by atoms with Gasteiger partial charge in [-0.25, -0.2) is 0 Å². The molecule has 1 unspecified atom stereocenters. The number of quaternary nitrogens is 1. The van der Waals surface area contributed by atoms with Gasteiger partial charge in [-0.2, -0.15) is 9.50 Å². The van der Waals surface area contributed by atoms with Crippen molar-refractivity contribution in [2.24, 2.45) is 0 Å². The van der Waals surface area contributed by atoms with Gasteiger partial charge in [0.1, 0.15) is 17.2 Å². The first-order chi connectivity index (χ1) is 10.7. The van der Waals surface area contributed by atoms with E-state index in [1.54, 1.807) is 9.42 Å². The Hall–Kier alpha value is -1.80. The fourth-order valence-electron chi connectivity index (χ4n) is 3.27. The molecule has 1 N–H and O–H groups in total. The Morgan fingerprint density at radius 3 is 2.91 bits per heavy atom. The van der Waals surface area contributed by atoms with Gasteiger partial charge in [0.25, 0.3) is 5.78 Å². The molecule has 3 aromatic heterocycles. The van der Waals surface area contributed by atoms with E-state index in [1.165, 1.54) is 22.4 Å². The van der Waals surface area contributed by atoms with E-state index in [0.29, 0.717) is 5.78 Å². The fraction of sp³-hybridized carbons (Fsp3) is 0.571. The first-order valence-electron chi connectivity index (χ1n) is 7.81. The Labute approximate surface area is 132 Å². The van der Waals surface area contributed by atoms with Crippen LogP contribution in [0.4, 0.5) is 5.82 Å². The topological polar surface area (TPSA) is 63.7 Å². The molecule has 1 atom stereocenters. The molecule has 0 saturated heterocycles. The van der Waals surface area contributed by atoms with Crippen molar-refractivity contribution < 1.29 is 4.90 Å². The Morgan fingerprint density at radius 1 is 1.32 bits per heavy atom. The van der Waals surface area contributed by atoms with Gasteiger partial charge < -0.3 is 9.80 Å². The number of nitrogens with zero attached hydrogens (tertiary/aromatic N) is 6. The third kappa shape index (κ3) is 1.90. The molecule has 116 valence electrons. The number of tetrazole rings is 1. The molecular weight excluding hydrogens is 298 g/mol. The summed E-state index contributed by atoms with van der Waals surface area (Å²) in [6, 6.07) is 0. The first-order valence-corrected chi connectivity index (χ1v) is 8.63. The van der Waals surface area contributed by atoms with E-state index in [0.717, 1.165) is 36.7 Å². The van der Waals surface area contributed by atoms with Crippen LogP contribution in [0.3, 0.4) is 0 Å². The number of fused-ring (bicyclic) bond motifs is 5. The van der Waals surface area contributed by atoms with E-state index in [1.807, 2.05) is 11.3 Å². The number of likely N-dealkylation sites (N-methyl/N-ethyl adjacent to an activating group) is 1. The van der Waals surface area contributed by atoms with Crippen LogP contribution in [-0.4, -0.2) is 51.7 Å². The lowest BCUT2D eigenvalue weighted by Gasteiger charge is -2.23. The molecule has 7 nitrogen and oxygen atoms in total. The summed E-state index contributed by atoms with van der Waals surface area (Å²) in [5.41, 5.74) is 1.46. The second kappa shape index (κ2) is 5.13. The second-order valence-electron chi connectivity index (χ2n) is 5.82. The molecule has 0 spiro atoms. The van der Waals surface area contributed by atoms with Crippen LogP contribution in [0.25, 0.3) is 16.0 Å². The number of nitrogens with one attached hydrogen (secondary N) is 1. The van der Waals surface area contributed by atoms with Gasteiger partial charge in [-0.1, -0.05) is 5.10 Å². The number of hydrogen-bond acceptors (Lipinski definition) is 6. The number of aromatic nitrogens is 5. The van der Waals surface area contributed by atoms with Crippen molar-refractivity contribution in [2.45, 2.75) is 26.8 Å². The van der Waals surface area contributed by atoms with E-state index < -0.39 is 0 Å². The highest BCUT2D eigenvalue weighted by Gasteiger charge is 2.27. The normalized spacial score (nSPS) is 18.0. The van der Waals surface area contributed by atoms with Crippen molar-refractivity contribution in [2.75, 3.05) is 31.6 Å². The Morgan fingerprint density at radius 2 is 2.14 bits per heavy atom. The third-order valence-corrected chi connectivity index (χ3v) is 5.68. The molecular formula is C14H20N7S+. The fourth-order valence-corrected chi connectivity index (χ4v) is 4.67. The van der Waals surface area contributed by atoms with Crippen LogP contribution in [0, 0.1) is 0 Å². The number of hydrogen-bond donors (Lipinski definition) is 1. The molecule has 0 aromatic carbocycles. The molecule has 0 saturated carbocycles. The SMILES string of the molecule is CCN(CC)c1nc2nnnn2c2sc3c(c12)CC[NH+](C)C3.